The number of nitrogens with zero attached hydrogens (tertiary/aromatic N) is 5. The van der Waals surface area contributed by atoms with Gasteiger partial charge in [0.15, 0.2) is 5.78 Å². The Hall–Kier alpha value is -3.13. The van der Waals surface area contributed by atoms with Gasteiger partial charge in [0.25, 0.3) is 0 Å². The van der Waals surface area contributed by atoms with Gasteiger partial charge in [0, 0.05) is 17.0 Å². The lowest BCUT2D eigenvalue weighted by atomic mass is 10.1. The highest BCUT2D eigenvalue weighted by molar-refractivity contribution is 8.00. The van der Waals surface area contributed by atoms with Crippen molar-refractivity contribution in [1.82, 2.24) is 24.8 Å². The van der Waals surface area contributed by atoms with Crippen molar-refractivity contribution in [3.8, 4) is 5.69 Å². The van der Waals surface area contributed by atoms with Crippen LogP contribution in [0.1, 0.15) is 34.4 Å². The monoisotopic (exact) mass is 407 g/mol. The van der Waals surface area contributed by atoms with Gasteiger partial charge in [-0.3, -0.25) is 4.79 Å². The van der Waals surface area contributed by atoms with Crippen molar-refractivity contribution in [1.29, 1.82) is 0 Å². The molecule has 1 aromatic carbocycles. The quantitative estimate of drug-likeness (QED) is 0.339. The van der Waals surface area contributed by atoms with Crippen molar-refractivity contribution in [3.05, 3.63) is 77.5 Å². The number of tetrazole rings is 1. The molecule has 3 heterocycles. The zero-order valence-electron chi connectivity index (χ0n) is 16.4. The first kappa shape index (κ1) is 19.2. The molecule has 4 rings (SSSR count). The van der Waals surface area contributed by atoms with E-state index in [9.17, 15) is 4.79 Å². The van der Waals surface area contributed by atoms with E-state index in [1.165, 1.54) is 11.8 Å². The summed E-state index contributed by atoms with van der Waals surface area (Å²) in [7, 11) is 0. The largest absolute Gasteiger partial charge is 0.467 e. The van der Waals surface area contributed by atoms with Crippen LogP contribution in [-0.4, -0.2) is 35.8 Å². The van der Waals surface area contributed by atoms with E-state index in [2.05, 4.69) is 20.1 Å². The summed E-state index contributed by atoms with van der Waals surface area (Å²) in [6.45, 7) is 6.45. The van der Waals surface area contributed by atoms with Gasteiger partial charge in [-0.2, -0.15) is 4.68 Å². The molecule has 29 heavy (non-hydrogen) atoms. The first-order chi connectivity index (χ1) is 14.0. The normalized spacial score (nSPS) is 12.2. The van der Waals surface area contributed by atoms with E-state index in [1.54, 1.807) is 10.9 Å². The number of carbonyl (C=O) groups excluding carboxylic acids is 1. The summed E-state index contributed by atoms with van der Waals surface area (Å²) < 4.78 is 9.20. The van der Waals surface area contributed by atoms with Crippen LogP contribution in [0.25, 0.3) is 5.69 Å². The molecule has 7 nitrogen and oxygen atoms in total. The van der Waals surface area contributed by atoms with Crippen LogP contribution in [0.3, 0.4) is 0 Å². The summed E-state index contributed by atoms with van der Waals surface area (Å²) in [5.74, 6) is 0.909. The number of para-hydroxylation sites is 1. The number of furan rings is 1. The van der Waals surface area contributed by atoms with E-state index in [4.69, 9.17) is 4.42 Å². The van der Waals surface area contributed by atoms with Gasteiger partial charge in [0.2, 0.25) is 5.16 Å². The lowest BCUT2D eigenvalue weighted by Gasteiger charge is -2.11. The summed E-state index contributed by atoms with van der Waals surface area (Å²) in [5, 5.41) is 12.2. The smallest absolute Gasteiger partial charge is 0.214 e. The van der Waals surface area contributed by atoms with Gasteiger partial charge < -0.3 is 8.98 Å². The Bertz CT molecular complexity index is 1120. The minimum Gasteiger partial charge on any atom is -0.467 e. The first-order valence-electron chi connectivity index (χ1n) is 9.28. The third-order valence-corrected chi connectivity index (χ3v) is 5.86. The van der Waals surface area contributed by atoms with Crippen LogP contribution in [0.2, 0.25) is 0 Å². The number of benzene rings is 1. The molecule has 0 amide bonds. The van der Waals surface area contributed by atoms with Crippen LogP contribution in [-0.2, 0) is 6.54 Å². The Morgan fingerprint density at radius 2 is 1.97 bits per heavy atom. The molecule has 1 atom stereocenters. The Labute approximate surface area is 172 Å². The van der Waals surface area contributed by atoms with E-state index in [1.807, 2.05) is 69.3 Å². The standard InChI is InChI=1S/C21H21N5O2S/c1-14-12-19(15(2)25(14)13-18-10-7-11-28-18)20(27)16(3)29-21-22-23-24-26(21)17-8-5-4-6-9-17/h4-12,16H,13H2,1-3H3/t16-/m0/s1. The van der Waals surface area contributed by atoms with Crippen LogP contribution < -0.4 is 0 Å². The molecule has 3 aromatic heterocycles. The molecule has 0 saturated heterocycles. The summed E-state index contributed by atoms with van der Waals surface area (Å²) in [5.41, 5.74) is 3.52. The van der Waals surface area contributed by atoms with Crippen LogP contribution in [0.15, 0.2) is 64.4 Å². The van der Waals surface area contributed by atoms with Crippen molar-refractivity contribution in [2.75, 3.05) is 0 Å². The number of Topliss-reactive ketones (excluding diaryl/α,β-unsaturated/α-hetero) is 1. The van der Waals surface area contributed by atoms with Gasteiger partial charge in [0.05, 0.1) is 23.7 Å². The summed E-state index contributed by atoms with van der Waals surface area (Å²) in [6, 6.07) is 15.4. The van der Waals surface area contributed by atoms with Crippen LogP contribution in [0.5, 0.6) is 0 Å². The van der Waals surface area contributed by atoms with E-state index in [-0.39, 0.29) is 11.0 Å². The number of carbonyl (C=O) groups is 1. The molecule has 0 fully saturated rings. The van der Waals surface area contributed by atoms with Gasteiger partial charge in [-0.15, -0.1) is 5.10 Å². The molecule has 0 N–H and O–H groups in total. The second kappa shape index (κ2) is 8.08. The zero-order chi connectivity index (χ0) is 20.4. The van der Waals surface area contributed by atoms with E-state index >= 15 is 0 Å². The van der Waals surface area contributed by atoms with E-state index in [0.29, 0.717) is 17.3 Å². The van der Waals surface area contributed by atoms with Gasteiger partial charge in [-0.25, -0.2) is 0 Å². The van der Waals surface area contributed by atoms with Crippen LogP contribution >= 0.6 is 11.8 Å². The maximum Gasteiger partial charge on any atom is 0.214 e. The van der Waals surface area contributed by atoms with Gasteiger partial charge in [-0.1, -0.05) is 30.0 Å². The van der Waals surface area contributed by atoms with Gasteiger partial charge in [0.1, 0.15) is 5.76 Å². The molecule has 0 bridgehead atoms. The highest BCUT2D eigenvalue weighted by Crippen LogP contribution is 2.27. The molecule has 0 radical (unpaired) electrons. The van der Waals surface area contributed by atoms with Crippen molar-refractivity contribution >= 4 is 17.5 Å². The van der Waals surface area contributed by atoms with Crippen molar-refractivity contribution in [2.24, 2.45) is 0 Å². The molecule has 0 aliphatic rings. The highest BCUT2D eigenvalue weighted by Gasteiger charge is 2.24. The fourth-order valence-electron chi connectivity index (χ4n) is 3.27. The molecule has 0 saturated carbocycles. The topological polar surface area (TPSA) is 78.7 Å². The molecule has 0 unspecified atom stereocenters. The number of hydrogen-bond acceptors (Lipinski definition) is 6. The number of hydrogen-bond donors (Lipinski definition) is 0. The second-order valence-corrected chi connectivity index (χ2v) is 8.09. The molecule has 0 aliphatic carbocycles. The highest BCUT2D eigenvalue weighted by atomic mass is 32.2. The Morgan fingerprint density at radius 3 is 2.69 bits per heavy atom. The van der Waals surface area contributed by atoms with Gasteiger partial charge >= 0.3 is 0 Å². The molecular weight excluding hydrogens is 386 g/mol. The second-order valence-electron chi connectivity index (χ2n) is 6.78. The lowest BCUT2D eigenvalue weighted by Crippen LogP contribution is -2.16. The van der Waals surface area contributed by atoms with Crippen molar-refractivity contribution in [2.45, 2.75) is 37.7 Å². The average molecular weight is 407 g/mol. The molecule has 4 aromatic rings. The molecule has 8 heteroatoms. The fraction of sp³-hybridized carbons (Fsp3) is 0.238. The number of rotatable bonds is 7. The van der Waals surface area contributed by atoms with Crippen molar-refractivity contribution < 1.29 is 9.21 Å². The number of aromatic nitrogens is 5. The third-order valence-electron chi connectivity index (χ3n) is 4.83. The Kier molecular flexibility index (Phi) is 5.35. The van der Waals surface area contributed by atoms with Crippen LogP contribution in [0.4, 0.5) is 0 Å². The predicted molar refractivity (Wildman–Crippen MR) is 111 cm³/mol. The fourth-order valence-corrected chi connectivity index (χ4v) is 4.14. The number of ketones is 1. The summed E-state index contributed by atoms with van der Waals surface area (Å²) in [6.07, 6.45) is 1.66. The Morgan fingerprint density at radius 1 is 1.17 bits per heavy atom. The average Bonchev–Trinajstić information content (AvgIpc) is 3.46. The minimum atomic E-state index is -0.332. The zero-order valence-corrected chi connectivity index (χ0v) is 17.3. The van der Waals surface area contributed by atoms with Crippen LogP contribution in [0, 0.1) is 13.8 Å². The van der Waals surface area contributed by atoms with E-state index < -0.39 is 0 Å². The predicted octanol–water partition coefficient (Wildman–Crippen LogP) is 4.09. The molecule has 0 spiro atoms. The lowest BCUT2D eigenvalue weighted by molar-refractivity contribution is 0.0993. The van der Waals surface area contributed by atoms with Gasteiger partial charge in [-0.05, 0) is 61.5 Å². The molecule has 148 valence electrons. The summed E-state index contributed by atoms with van der Waals surface area (Å²) in [4.78, 5) is 13.2. The van der Waals surface area contributed by atoms with E-state index in [0.717, 1.165) is 22.8 Å². The Balaban J connectivity index is 1.54. The summed E-state index contributed by atoms with van der Waals surface area (Å²) >= 11 is 1.35. The SMILES string of the molecule is Cc1cc(C(=O)[C@H](C)Sc2nnnn2-c2ccccc2)c(C)n1Cc1ccco1. The number of thioether (sulfide) groups is 1. The first-order valence-corrected chi connectivity index (χ1v) is 10.2. The van der Waals surface area contributed by atoms with Crippen molar-refractivity contribution in [3.63, 3.8) is 0 Å². The molecular formula is C21H21N5O2S. The minimum absolute atomic E-state index is 0.0522. The maximum atomic E-state index is 13.2. The maximum absolute atomic E-state index is 13.2. The third kappa shape index (κ3) is 3.88. The molecule has 0 aliphatic heterocycles. The number of aryl methyl sites for hydroxylation is 1.